The van der Waals surface area contributed by atoms with E-state index in [9.17, 15) is 4.79 Å². The van der Waals surface area contributed by atoms with Crippen LogP contribution in [0.25, 0.3) is 5.57 Å². The molecule has 0 radical (unpaired) electrons. The lowest BCUT2D eigenvalue weighted by molar-refractivity contribution is -0.130. The van der Waals surface area contributed by atoms with Gasteiger partial charge in [0, 0.05) is 0 Å². The molecule has 0 aliphatic heterocycles. The predicted octanol–water partition coefficient (Wildman–Crippen LogP) is 2.87. The summed E-state index contributed by atoms with van der Waals surface area (Å²) in [4.78, 5) is 11.0. The van der Waals surface area contributed by atoms with E-state index in [2.05, 4.69) is 0 Å². The van der Waals surface area contributed by atoms with Gasteiger partial charge in [-0.15, -0.1) is 0 Å². The average molecular weight is 190 g/mol. The van der Waals surface area contributed by atoms with E-state index < -0.39 is 5.97 Å². The van der Waals surface area contributed by atoms with Crippen LogP contribution in [0, 0.1) is 6.92 Å². The van der Waals surface area contributed by atoms with Crippen molar-refractivity contribution in [2.75, 3.05) is 0 Å². The molecule has 1 aromatic rings. The maximum Gasteiger partial charge on any atom is 0.336 e. The number of aryl methyl sites for hydroxylation is 1. The first kappa shape index (κ1) is 10.5. The van der Waals surface area contributed by atoms with Crippen LogP contribution < -0.4 is 0 Å². The third-order valence-electron chi connectivity index (χ3n) is 2.02. The fraction of sp³-hybridized carbons (Fsp3) is 0.250. The van der Waals surface area contributed by atoms with Gasteiger partial charge >= 0.3 is 5.97 Å². The third-order valence-corrected chi connectivity index (χ3v) is 2.02. The molecule has 0 aromatic heterocycles. The molecule has 2 nitrogen and oxygen atoms in total. The van der Waals surface area contributed by atoms with E-state index in [1.165, 1.54) is 0 Å². The topological polar surface area (TPSA) is 37.3 Å². The first-order valence-electron chi connectivity index (χ1n) is 4.50. The van der Waals surface area contributed by atoms with E-state index >= 15 is 0 Å². The molecule has 14 heavy (non-hydrogen) atoms. The minimum atomic E-state index is -0.865. The summed E-state index contributed by atoms with van der Waals surface area (Å²) >= 11 is 0. The van der Waals surface area contributed by atoms with Gasteiger partial charge in [0.1, 0.15) is 0 Å². The zero-order valence-electron chi connectivity index (χ0n) is 8.66. The summed E-state index contributed by atoms with van der Waals surface area (Å²) in [5.41, 5.74) is 3.07. The van der Waals surface area contributed by atoms with Crippen LogP contribution >= 0.6 is 0 Å². The van der Waals surface area contributed by atoms with Crippen molar-refractivity contribution >= 4 is 11.5 Å². The van der Waals surface area contributed by atoms with Crippen LogP contribution in [0.2, 0.25) is 0 Å². The van der Waals surface area contributed by atoms with Crippen LogP contribution in [-0.4, -0.2) is 11.1 Å². The van der Waals surface area contributed by atoms with Crippen LogP contribution in [0.5, 0.6) is 0 Å². The number of hydrogen-bond acceptors (Lipinski definition) is 1. The number of carbonyl (C=O) groups is 1. The average Bonchev–Trinajstić information content (AvgIpc) is 2.02. The Hall–Kier alpha value is -1.57. The molecular formula is C12H14O2. The second kappa shape index (κ2) is 4.09. The summed E-state index contributed by atoms with van der Waals surface area (Å²) < 4.78 is 0. The van der Waals surface area contributed by atoms with Crippen LogP contribution in [0.3, 0.4) is 0 Å². The van der Waals surface area contributed by atoms with Crippen molar-refractivity contribution < 1.29 is 9.90 Å². The molecule has 0 atom stereocenters. The van der Waals surface area contributed by atoms with E-state index in [1.807, 2.05) is 45.0 Å². The fourth-order valence-corrected chi connectivity index (χ4v) is 1.43. The zero-order valence-corrected chi connectivity index (χ0v) is 8.66. The number of rotatable bonds is 2. The summed E-state index contributed by atoms with van der Waals surface area (Å²) in [6.45, 7) is 5.57. The van der Waals surface area contributed by atoms with Gasteiger partial charge in [-0.1, -0.05) is 35.4 Å². The molecule has 0 bridgehead atoms. The van der Waals surface area contributed by atoms with Crippen molar-refractivity contribution in [2.45, 2.75) is 20.8 Å². The van der Waals surface area contributed by atoms with Crippen molar-refractivity contribution in [3.8, 4) is 0 Å². The highest BCUT2D eigenvalue weighted by molar-refractivity contribution is 6.16. The van der Waals surface area contributed by atoms with Crippen molar-refractivity contribution in [1.29, 1.82) is 0 Å². The highest BCUT2D eigenvalue weighted by atomic mass is 16.4. The van der Waals surface area contributed by atoms with Crippen LogP contribution in [0.4, 0.5) is 0 Å². The molecule has 0 heterocycles. The van der Waals surface area contributed by atoms with Crippen molar-refractivity contribution in [1.82, 2.24) is 0 Å². The summed E-state index contributed by atoms with van der Waals surface area (Å²) in [6.07, 6.45) is 0. The maximum atomic E-state index is 11.0. The quantitative estimate of drug-likeness (QED) is 0.728. The van der Waals surface area contributed by atoms with E-state index in [1.54, 1.807) is 0 Å². The smallest absolute Gasteiger partial charge is 0.336 e. The normalized spacial score (nSPS) is 9.64. The van der Waals surface area contributed by atoms with Gasteiger partial charge in [-0.25, -0.2) is 4.79 Å². The highest BCUT2D eigenvalue weighted by Gasteiger charge is 2.11. The molecule has 1 N–H and O–H groups in total. The fourth-order valence-electron chi connectivity index (χ4n) is 1.43. The van der Waals surface area contributed by atoms with Gasteiger partial charge in [0.2, 0.25) is 0 Å². The molecule has 0 aliphatic carbocycles. The Bertz CT molecular complexity index is 385. The van der Waals surface area contributed by atoms with Gasteiger partial charge < -0.3 is 5.11 Å². The van der Waals surface area contributed by atoms with Gasteiger partial charge in [-0.05, 0) is 26.3 Å². The SMILES string of the molecule is CC(C)=C(C(=O)O)c1cccc(C)c1. The summed E-state index contributed by atoms with van der Waals surface area (Å²) in [7, 11) is 0. The Morgan fingerprint density at radius 3 is 2.36 bits per heavy atom. The number of allylic oxidation sites excluding steroid dienone is 1. The first-order valence-corrected chi connectivity index (χ1v) is 4.50. The molecule has 0 fully saturated rings. The lowest BCUT2D eigenvalue weighted by atomic mass is 10.00. The number of carboxylic acid groups (broad SMARTS) is 1. The molecule has 2 heteroatoms. The van der Waals surface area contributed by atoms with E-state index in [4.69, 9.17) is 5.11 Å². The number of aliphatic carboxylic acids is 1. The largest absolute Gasteiger partial charge is 0.478 e. The molecule has 1 aromatic carbocycles. The van der Waals surface area contributed by atoms with Crippen LogP contribution in [-0.2, 0) is 4.79 Å². The Kier molecular flexibility index (Phi) is 3.07. The molecule has 0 amide bonds. The molecule has 74 valence electrons. The lowest BCUT2D eigenvalue weighted by Gasteiger charge is -2.05. The third kappa shape index (κ3) is 2.22. The molecule has 0 aliphatic rings. The van der Waals surface area contributed by atoms with Crippen molar-refractivity contribution in [3.05, 3.63) is 41.0 Å². The minimum absolute atomic E-state index is 0.397. The second-order valence-electron chi connectivity index (χ2n) is 3.55. The highest BCUT2D eigenvalue weighted by Crippen LogP contribution is 2.19. The predicted molar refractivity (Wildman–Crippen MR) is 57.1 cm³/mol. The molecule has 0 saturated heterocycles. The van der Waals surface area contributed by atoms with Crippen LogP contribution in [0.15, 0.2) is 29.8 Å². The minimum Gasteiger partial charge on any atom is -0.478 e. The van der Waals surface area contributed by atoms with Crippen molar-refractivity contribution in [2.24, 2.45) is 0 Å². The number of carboxylic acids is 1. The van der Waals surface area contributed by atoms with E-state index in [0.29, 0.717) is 5.57 Å². The Morgan fingerprint density at radius 2 is 1.93 bits per heavy atom. The zero-order chi connectivity index (χ0) is 10.7. The Labute approximate surface area is 83.9 Å². The molecule has 0 unspecified atom stereocenters. The molecule has 0 spiro atoms. The van der Waals surface area contributed by atoms with Gasteiger partial charge in [0.05, 0.1) is 5.57 Å². The summed E-state index contributed by atoms with van der Waals surface area (Å²) in [6, 6.07) is 7.53. The monoisotopic (exact) mass is 190 g/mol. The van der Waals surface area contributed by atoms with E-state index in [-0.39, 0.29) is 0 Å². The Balaban J connectivity index is 3.27. The van der Waals surface area contributed by atoms with Gasteiger partial charge in [-0.2, -0.15) is 0 Å². The molecular weight excluding hydrogens is 176 g/mol. The van der Waals surface area contributed by atoms with Crippen LogP contribution in [0.1, 0.15) is 25.0 Å². The molecule has 0 saturated carbocycles. The summed E-state index contributed by atoms with van der Waals surface area (Å²) in [5, 5.41) is 9.03. The van der Waals surface area contributed by atoms with Gasteiger partial charge in [0.15, 0.2) is 0 Å². The standard InChI is InChI=1S/C12H14O2/c1-8(2)11(12(13)14)10-6-4-5-9(3)7-10/h4-7H,1-3H3,(H,13,14). The lowest BCUT2D eigenvalue weighted by Crippen LogP contribution is -2.01. The van der Waals surface area contributed by atoms with Gasteiger partial charge in [-0.3, -0.25) is 0 Å². The first-order chi connectivity index (χ1) is 6.52. The number of benzene rings is 1. The second-order valence-corrected chi connectivity index (χ2v) is 3.55. The maximum absolute atomic E-state index is 11.0. The van der Waals surface area contributed by atoms with Gasteiger partial charge in [0.25, 0.3) is 0 Å². The Morgan fingerprint density at radius 1 is 1.29 bits per heavy atom. The summed E-state index contributed by atoms with van der Waals surface area (Å²) in [5.74, 6) is -0.865. The van der Waals surface area contributed by atoms with Crippen molar-refractivity contribution in [3.63, 3.8) is 0 Å². The van der Waals surface area contributed by atoms with E-state index in [0.717, 1.165) is 16.7 Å². The number of hydrogen-bond donors (Lipinski definition) is 1. The molecule has 1 rings (SSSR count).